The predicted octanol–water partition coefficient (Wildman–Crippen LogP) is 0.909. The van der Waals surface area contributed by atoms with Gasteiger partial charge in [0.1, 0.15) is 0 Å². The van der Waals surface area contributed by atoms with Crippen molar-refractivity contribution in [2.75, 3.05) is 7.05 Å². The molecule has 1 aromatic carbocycles. The van der Waals surface area contributed by atoms with E-state index < -0.39 is 0 Å². The van der Waals surface area contributed by atoms with Crippen molar-refractivity contribution in [1.82, 2.24) is 10.8 Å². The first-order chi connectivity index (χ1) is 5.83. The minimum Gasteiger partial charge on any atom is -0.378 e. The molecule has 0 aliphatic rings. The van der Waals surface area contributed by atoms with Gasteiger partial charge in [0.05, 0.1) is 0 Å². The van der Waals surface area contributed by atoms with E-state index in [2.05, 4.69) is 10.8 Å². The van der Waals surface area contributed by atoms with Gasteiger partial charge in [0.2, 0.25) is 0 Å². The van der Waals surface area contributed by atoms with Crippen LogP contribution in [0.4, 0.5) is 4.79 Å². The fourth-order valence-electron chi connectivity index (χ4n) is 0.645. The van der Waals surface area contributed by atoms with Crippen molar-refractivity contribution in [3.63, 3.8) is 0 Å². The van der Waals surface area contributed by atoms with Crippen LogP contribution in [0.2, 0.25) is 0 Å². The van der Waals surface area contributed by atoms with Crippen LogP contribution in [0.3, 0.4) is 0 Å². The number of benzene rings is 1. The van der Waals surface area contributed by atoms with E-state index in [1.165, 1.54) is 7.05 Å². The number of hydrogen-bond acceptors (Lipinski definition) is 2. The number of amides is 2. The van der Waals surface area contributed by atoms with Crippen LogP contribution >= 0.6 is 0 Å². The fourth-order valence-corrected chi connectivity index (χ4v) is 0.645. The molecule has 0 radical (unpaired) electrons. The molecule has 0 fully saturated rings. The lowest BCUT2D eigenvalue weighted by molar-refractivity contribution is 0.180. The monoisotopic (exact) mass is 166 g/mol. The molecule has 0 heterocycles. The summed E-state index contributed by atoms with van der Waals surface area (Å²) in [6.07, 6.45) is 0. The molecule has 1 aromatic rings. The highest BCUT2D eigenvalue weighted by Crippen LogP contribution is 2.05. The van der Waals surface area contributed by atoms with Crippen LogP contribution in [0, 0.1) is 0 Å². The minimum atomic E-state index is -0.376. The van der Waals surface area contributed by atoms with Gasteiger partial charge in [-0.05, 0) is 12.1 Å². The summed E-state index contributed by atoms with van der Waals surface area (Å²) in [5.41, 5.74) is 2.20. The molecule has 0 atom stereocenters. The molecule has 0 aliphatic heterocycles. The summed E-state index contributed by atoms with van der Waals surface area (Å²) in [4.78, 5) is 15.5. The third-order valence-electron chi connectivity index (χ3n) is 1.23. The van der Waals surface area contributed by atoms with E-state index in [0.29, 0.717) is 5.75 Å². The average molecular weight is 166 g/mol. The number of rotatable bonds is 2. The number of para-hydroxylation sites is 1. The topological polar surface area (TPSA) is 50.4 Å². The van der Waals surface area contributed by atoms with E-state index >= 15 is 0 Å². The Morgan fingerprint density at radius 1 is 1.33 bits per heavy atom. The molecule has 0 aliphatic carbocycles. The molecule has 12 heavy (non-hydrogen) atoms. The molecule has 1 rings (SSSR count). The van der Waals surface area contributed by atoms with Crippen LogP contribution in [-0.4, -0.2) is 13.1 Å². The maximum atomic E-state index is 10.6. The molecular formula is C8H10N2O2. The summed E-state index contributed by atoms with van der Waals surface area (Å²) in [6.45, 7) is 0. The SMILES string of the molecule is CNC(=O)NOc1ccccc1. The molecule has 0 bridgehead atoms. The smallest absolute Gasteiger partial charge is 0.347 e. The van der Waals surface area contributed by atoms with Gasteiger partial charge in [-0.3, -0.25) is 0 Å². The fraction of sp³-hybridized carbons (Fsp3) is 0.125. The largest absolute Gasteiger partial charge is 0.378 e. The van der Waals surface area contributed by atoms with Crippen molar-refractivity contribution in [2.45, 2.75) is 0 Å². The zero-order valence-electron chi connectivity index (χ0n) is 6.70. The highest BCUT2D eigenvalue weighted by atomic mass is 16.7. The second kappa shape index (κ2) is 4.23. The molecule has 0 unspecified atom stereocenters. The lowest BCUT2D eigenvalue weighted by Gasteiger charge is -2.04. The number of hydroxylamine groups is 1. The van der Waals surface area contributed by atoms with Crippen molar-refractivity contribution in [3.8, 4) is 5.75 Å². The first-order valence-electron chi connectivity index (χ1n) is 3.52. The number of nitrogens with one attached hydrogen (secondary N) is 2. The van der Waals surface area contributed by atoms with Crippen molar-refractivity contribution >= 4 is 6.03 Å². The summed E-state index contributed by atoms with van der Waals surface area (Å²) in [5.74, 6) is 0.598. The summed E-state index contributed by atoms with van der Waals surface area (Å²) < 4.78 is 0. The standard InChI is InChI=1S/C8H10N2O2/c1-9-8(11)10-12-7-5-3-2-4-6-7/h2-6H,1H3,(H2,9,10,11). The summed E-state index contributed by atoms with van der Waals surface area (Å²) in [6, 6.07) is 8.62. The molecule has 64 valence electrons. The zero-order chi connectivity index (χ0) is 8.81. The summed E-state index contributed by atoms with van der Waals surface area (Å²) in [5, 5.41) is 2.36. The lowest BCUT2D eigenvalue weighted by Crippen LogP contribution is -2.35. The van der Waals surface area contributed by atoms with E-state index in [0.717, 1.165) is 0 Å². The summed E-state index contributed by atoms with van der Waals surface area (Å²) in [7, 11) is 1.52. The second-order valence-electron chi connectivity index (χ2n) is 2.10. The number of hydrogen-bond donors (Lipinski definition) is 2. The molecule has 0 saturated carbocycles. The molecule has 2 N–H and O–H groups in total. The van der Waals surface area contributed by atoms with E-state index in [1.807, 2.05) is 18.2 Å². The van der Waals surface area contributed by atoms with Gasteiger partial charge in [-0.1, -0.05) is 18.2 Å². The molecule has 4 heteroatoms. The van der Waals surface area contributed by atoms with Crippen molar-refractivity contribution in [1.29, 1.82) is 0 Å². The zero-order valence-corrected chi connectivity index (χ0v) is 6.70. The van der Waals surface area contributed by atoms with Crippen molar-refractivity contribution in [2.24, 2.45) is 0 Å². The van der Waals surface area contributed by atoms with Gasteiger partial charge in [0, 0.05) is 7.05 Å². The number of carbonyl (C=O) groups is 1. The van der Waals surface area contributed by atoms with Crippen LogP contribution in [0.1, 0.15) is 0 Å². The second-order valence-corrected chi connectivity index (χ2v) is 2.10. The van der Waals surface area contributed by atoms with Gasteiger partial charge < -0.3 is 10.2 Å². The Kier molecular flexibility index (Phi) is 2.95. The Balaban J connectivity index is 2.38. The third kappa shape index (κ3) is 2.49. The Morgan fingerprint density at radius 2 is 2.00 bits per heavy atom. The lowest BCUT2D eigenvalue weighted by atomic mass is 10.3. The van der Waals surface area contributed by atoms with Crippen LogP contribution in [0.15, 0.2) is 30.3 Å². The molecule has 0 spiro atoms. The van der Waals surface area contributed by atoms with E-state index in [-0.39, 0.29) is 6.03 Å². The van der Waals surface area contributed by atoms with Gasteiger partial charge in [0.25, 0.3) is 0 Å². The Hall–Kier alpha value is -1.71. The highest BCUT2D eigenvalue weighted by molar-refractivity contribution is 5.72. The highest BCUT2D eigenvalue weighted by Gasteiger charge is 1.95. The first kappa shape index (κ1) is 8.39. The number of carbonyl (C=O) groups excluding carboxylic acids is 1. The Bertz CT molecular complexity index is 248. The summed E-state index contributed by atoms with van der Waals surface area (Å²) >= 11 is 0. The molecule has 0 saturated heterocycles. The van der Waals surface area contributed by atoms with Crippen LogP contribution in [-0.2, 0) is 0 Å². The van der Waals surface area contributed by atoms with Crippen LogP contribution in [0.5, 0.6) is 5.75 Å². The number of urea groups is 1. The van der Waals surface area contributed by atoms with Crippen molar-refractivity contribution in [3.05, 3.63) is 30.3 Å². The Labute approximate surface area is 70.5 Å². The van der Waals surface area contributed by atoms with Gasteiger partial charge in [-0.2, -0.15) is 5.48 Å². The van der Waals surface area contributed by atoms with Gasteiger partial charge in [-0.25, -0.2) is 4.79 Å². The van der Waals surface area contributed by atoms with Crippen LogP contribution < -0.4 is 15.6 Å². The quantitative estimate of drug-likeness (QED) is 0.641. The van der Waals surface area contributed by atoms with E-state index in [4.69, 9.17) is 4.84 Å². The predicted molar refractivity (Wildman–Crippen MR) is 44.7 cm³/mol. The Morgan fingerprint density at radius 3 is 2.58 bits per heavy atom. The van der Waals surface area contributed by atoms with E-state index in [9.17, 15) is 4.79 Å². The molecule has 4 nitrogen and oxygen atoms in total. The van der Waals surface area contributed by atoms with E-state index in [1.54, 1.807) is 12.1 Å². The van der Waals surface area contributed by atoms with Gasteiger partial charge >= 0.3 is 6.03 Å². The normalized spacial score (nSPS) is 8.75. The molecule has 0 aromatic heterocycles. The first-order valence-corrected chi connectivity index (χ1v) is 3.52. The van der Waals surface area contributed by atoms with Gasteiger partial charge in [0.15, 0.2) is 5.75 Å². The minimum absolute atomic E-state index is 0.376. The van der Waals surface area contributed by atoms with Crippen LogP contribution in [0.25, 0.3) is 0 Å². The average Bonchev–Trinajstić information content (AvgIpc) is 2.16. The molecular weight excluding hydrogens is 156 g/mol. The maximum absolute atomic E-state index is 10.6. The van der Waals surface area contributed by atoms with Crippen molar-refractivity contribution < 1.29 is 9.63 Å². The maximum Gasteiger partial charge on any atom is 0.347 e. The van der Waals surface area contributed by atoms with Gasteiger partial charge in [-0.15, -0.1) is 0 Å². The molecule has 2 amide bonds. The third-order valence-corrected chi connectivity index (χ3v) is 1.23.